The van der Waals surface area contributed by atoms with Crippen LogP contribution in [0.2, 0.25) is 0 Å². The SMILES string of the molecule is CCCCc1cc(=O)oc2c(C)c(OCC(=O)c3cccc(OC)c3)ccc12. The van der Waals surface area contributed by atoms with Gasteiger partial charge in [0.15, 0.2) is 12.4 Å². The number of Topliss-reactive ketones (excluding diaryl/α,β-unsaturated/α-hetero) is 1. The van der Waals surface area contributed by atoms with Crippen LogP contribution in [0.25, 0.3) is 11.0 Å². The molecule has 0 fully saturated rings. The van der Waals surface area contributed by atoms with Crippen LogP contribution >= 0.6 is 0 Å². The van der Waals surface area contributed by atoms with Gasteiger partial charge in [-0.25, -0.2) is 4.79 Å². The second-order valence-electron chi connectivity index (χ2n) is 6.70. The van der Waals surface area contributed by atoms with Gasteiger partial charge in [-0.3, -0.25) is 4.79 Å². The molecule has 1 aromatic heterocycles. The number of benzene rings is 2. The third-order valence-electron chi connectivity index (χ3n) is 4.75. The van der Waals surface area contributed by atoms with Crippen molar-refractivity contribution < 1.29 is 18.7 Å². The number of ketones is 1. The number of fused-ring (bicyclic) bond motifs is 1. The first-order valence-corrected chi connectivity index (χ1v) is 9.40. The minimum Gasteiger partial charge on any atom is -0.497 e. The van der Waals surface area contributed by atoms with Gasteiger partial charge in [0.2, 0.25) is 0 Å². The third-order valence-corrected chi connectivity index (χ3v) is 4.75. The standard InChI is InChI=1S/C23H24O5/c1-4-5-7-16-13-22(25)28-23-15(2)21(11-10-19(16)23)27-14-20(24)17-8-6-9-18(12-17)26-3/h6,8-13H,4-5,7,14H2,1-3H3. The fourth-order valence-corrected chi connectivity index (χ4v) is 3.16. The summed E-state index contributed by atoms with van der Waals surface area (Å²) in [5, 5.41) is 0.914. The van der Waals surface area contributed by atoms with Gasteiger partial charge in [-0.1, -0.05) is 25.5 Å². The first-order valence-electron chi connectivity index (χ1n) is 9.40. The lowest BCUT2D eigenvalue weighted by Gasteiger charge is -2.12. The number of hydrogen-bond acceptors (Lipinski definition) is 5. The molecule has 0 saturated heterocycles. The van der Waals surface area contributed by atoms with Crippen LogP contribution in [-0.2, 0) is 6.42 Å². The molecule has 0 aliphatic carbocycles. The monoisotopic (exact) mass is 380 g/mol. The van der Waals surface area contributed by atoms with Crippen molar-refractivity contribution in [2.45, 2.75) is 33.1 Å². The highest BCUT2D eigenvalue weighted by Crippen LogP contribution is 2.29. The molecule has 5 nitrogen and oxygen atoms in total. The second kappa shape index (κ2) is 8.74. The normalized spacial score (nSPS) is 10.8. The minimum absolute atomic E-state index is 0.112. The summed E-state index contributed by atoms with van der Waals surface area (Å²) in [6.45, 7) is 3.84. The van der Waals surface area contributed by atoms with Gasteiger partial charge in [-0.2, -0.15) is 0 Å². The zero-order valence-electron chi connectivity index (χ0n) is 16.4. The Kier molecular flexibility index (Phi) is 6.14. The summed E-state index contributed by atoms with van der Waals surface area (Å²) >= 11 is 0. The van der Waals surface area contributed by atoms with E-state index in [2.05, 4.69) is 6.92 Å². The molecular formula is C23H24O5. The zero-order chi connectivity index (χ0) is 20.1. The van der Waals surface area contributed by atoms with Gasteiger partial charge in [0.1, 0.15) is 17.1 Å². The third kappa shape index (κ3) is 4.25. The molecule has 3 rings (SSSR count). The number of hydrogen-bond donors (Lipinski definition) is 0. The fourth-order valence-electron chi connectivity index (χ4n) is 3.16. The fraction of sp³-hybridized carbons (Fsp3) is 0.304. The maximum Gasteiger partial charge on any atom is 0.336 e. The van der Waals surface area contributed by atoms with Crippen LogP contribution < -0.4 is 15.1 Å². The maximum absolute atomic E-state index is 12.4. The maximum atomic E-state index is 12.4. The molecular weight excluding hydrogens is 356 g/mol. The molecule has 0 radical (unpaired) electrons. The van der Waals surface area contributed by atoms with E-state index in [-0.39, 0.29) is 18.0 Å². The van der Waals surface area contributed by atoms with Crippen LogP contribution in [0.5, 0.6) is 11.5 Å². The molecule has 0 unspecified atom stereocenters. The molecule has 0 atom stereocenters. The van der Waals surface area contributed by atoms with Crippen molar-refractivity contribution in [3.05, 3.63) is 69.6 Å². The Morgan fingerprint density at radius 2 is 1.96 bits per heavy atom. The van der Waals surface area contributed by atoms with Crippen LogP contribution in [-0.4, -0.2) is 19.5 Å². The summed E-state index contributed by atoms with van der Waals surface area (Å²) in [7, 11) is 1.56. The highest BCUT2D eigenvalue weighted by atomic mass is 16.5. The molecule has 0 aliphatic rings. The largest absolute Gasteiger partial charge is 0.497 e. The summed E-state index contributed by atoms with van der Waals surface area (Å²) in [4.78, 5) is 24.4. The van der Waals surface area contributed by atoms with Crippen LogP contribution in [0.15, 0.2) is 51.7 Å². The van der Waals surface area contributed by atoms with Crippen molar-refractivity contribution in [2.75, 3.05) is 13.7 Å². The number of aryl methyl sites for hydroxylation is 2. The van der Waals surface area contributed by atoms with E-state index >= 15 is 0 Å². The first-order chi connectivity index (χ1) is 13.5. The molecule has 1 heterocycles. The Balaban J connectivity index is 1.84. The first kappa shape index (κ1) is 19.7. The van der Waals surface area contributed by atoms with Crippen molar-refractivity contribution in [2.24, 2.45) is 0 Å². The molecule has 146 valence electrons. The van der Waals surface area contributed by atoms with Gasteiger partial charge in [0, 0.05) is 22.6 Å². The summed E-state index contributed by atoms with van der Waals surface area (Å²) in [6.07, 6.45) is 2.88. The summed E-state index contributed by atoms with van der Waals surface area (Å²) in [6, 6.07) is 12.2. The van der Waals surface area contributed by atoms with Crippen molar-refractivity contribution in [1.82, 2.24) is 0 Å². The average Bonchev–Trinajstić information content (AvgIpc) is 2.71. The van der Waals surface area contributed by atoms with Crippen molar-refractivity contribution in [3.63, 3.8) is 0 Å². The van der Waals surface area contributed by atoms with E-state index in [9.17, 15) is 9.59 Å². The molecule has 0 amide bonds. The van der Waals surface area contributed by atoms with Crippen LogP contribution in [0.3, 0.4) is 0 Å². The van der Waals surface area contributed by atoms with E-state index in [1.54, 1.807) is 37.4 Å². The molecule has 3 aromatic rings. The van der Waals surface area contributed by atoms with Gasteiger partial charge < -0.3 is 13.9 Å². The molecule has 0 N–H and O–H groups in total. The highest BCUT2D eigenvalue weighted by molar-refractivity contribution is 5.97. The topological polar surface area (TPSA) is 65.7 Å². The van der Waals surface area contributed by atoms with Crippen LogP contribution in [0, 0.1) is 6.92 Å². The van der Waals surface area contributed by atoms with E-state index in [1.165, 1.54) is 0 Å². The van der Waals surface area contributed by atoms with Crippen molar-refractivity contribution in [3.8, 4) is 11.5 Å². The summed E-state index contributed by atoms with van der Waals surface area (Å²) < 4.78 is 16.3. The quantitative estimate of drug-likeness (QED) is 0.418. The van der Waals surface area contributed by atoms with Gasteiger partial charge in [0.25, 0.3) is 0 Å². The Hall–Kier alpha value is -3.08. The van der Waals surface area contributed by atoms with Gasteiger partial charge in [-0.05, 0) is 49.6 Å². The number of methoxy groups -OCH3 is 1. The van der Waals surface area contributed by atoms with E-state index < -0.39 is 0 Å². The molecule has 0 aliphatic heterocycles. The Labute approximate surface area is 163 Å². The number of carbonyl (C=O) groups excluding carboxylic acids is 1. The zero-order valence-corrected chi connectivity index (χ0v) is 16.4. The molecule has 0 spiro atoms. The number of carbonyl (C=O) groups is 1. The lowest BCUT2D eigenvalue weighted by molar-refractivity contribution is 0.0920. The lowest BCUT2D eigenvalue weighted by Crippen LogP contribution is -2.12. The van der Waals surface area contributed by atoms with E-state index in [4.69, 9.17) is 13.9 Å². The van der Waals surface area contributed by atoms with Gasteiger partial charge in [0.05, 0.1) is 7.11 Å². The van der Waals surface area contributed by atoms with E-state index in [0.717, 1.165) is 30.2 Å². The van der Waals surface area contributed by atoms with Crippen molar-refractivity contribution >= 4 is 16.8 Å². The average molecular weight is 380 g/mol. The van der Waals surface area contributed by atoms with Gasteiger partial charge >= 0.3 is 5.63 Å². The summed E-state index contributed by atoms with van der Waals surface area (Å²) in [5.41, 5.74) is 2.36. The van der Waals surface area contributed by atoms with E-state index in [1.807, 2.05) is 19.1 Å². The summed E-state index contributed by atoms with van der Waals surface area (Å²) in [5.74, 6) is 0.991. The van der Waals surface area contributed by atoms with Crippen molar-refractivity contribution in [1.29, 1.82) is 0 Å². The molecule has 0 saturated carbocycles. The number of unbranched alkanes of at least 4 members (excludes halogenated alkanes) is 1. The second-order valence-corrected chi connectivity index (χ2v) is 6.70. The molecule has 28 heavy (non-hydrogen) atoms. The van der Waals surface area contributed by atoms with Crippen LogP contribution in [0.1, 0.15) is 41.3 Å². The Morgan fingerprint density at radius 3 is 2.71 bits per heavy atom. The lowest BCUT2D eigenvalue weighted by atomic mass is 10.0. The van der Waals surface area contributed by atoms with Gasteiger partial charge in [-0.15, -0.1) is 0 Å². The Morgan fingerprint density at radius 1 is 1.14 bits per heavy atom. The molecule has 5 heteroatoms. The smallest absolute Gasteiger partial charge is 0.336 e. The highest BCUT2D eigenvalue weighted by Gasteiger charge is 2.14. The molecule has 0 bridgehead atoms. The Bertz CT molecular complexity index is 1050. The predicted octanol–water partition coefficient (Wildman–Crippen LogP) is 4.71. The minimum atomic E-state index is -0.369. The predicted molar refractivity (Wildman–Crippen MR) is 109 cm³/mol. The number of ether oxygens (including phenoxy) is 2. The number of rotatable bonds is 8. The van der Waals surface area contributed by atoms with E-state index in [0.29, 0.717) is 28.2 Å². The van der Waals surface area contributed by atoms with Crippen LogP contribution in [0.4, 0.5) is 0 Å². The molecule has 2 aromatic carbocycles.